The van der Waals surface area contributed by atoms with Crippen molar-refractivity contribution in [1.82, 2.24) is 19.5 Å². The van der Waals surface area contributed by atoms with Crippen molar-refractivity contribution in [1.29, 1.82) is 0 Å². The quantitative estimate of drug-likeness (QED) is 0.155. The van der Waals surface area contributed by atoms with Crippen LogP contribution in [0.15, 0.2) is 6.33 Å². The first kappa shape index (κ1) is 23.3. The van der Waals surface area contributed by atoms with Crippen LogP contribution in [-0.2, 0) is 20.1 Å². The van der Waals surface area contributed by atoms with E-state index < -0.39 is 53.4 Å². The van der Waals surface area contributed by atoms with Gasteiger partial charge in [-0.25, -0.2) is 15.0 Å². The molecule has 1 fully saturated rings. The summed E-state index contributed by atoms with van der Waals surface area (Å²) in [6.07, 6.45) is -3.32. The number of aromatic nitrogens is 4. The molecule has 0 radical (unpaired) electrons. The van der Waals surface area contributed by atoms with Crippen molar-refractivity contribution in [3.05, 3.63) is 12.2 Å². The van der Waals surface area contributed by atoms with Gasteiger partial charge in [0.2, 0.25) is 5.91 Å². The number of nitrogens with zero attached hydrogens (tertiary/aromatic N) is 4. The maximum absolute atomic E-state index is 12.5. The highest BCUT2D eigenvalue weighted by molar-refractivity contribution is 7.81. The van der Waals surface area contributed by atoms with Crippen LogP contribution in [0.5, 0.6) is 0 Å². The van der Waals surface area contributed by atoms with Gasteiger partial charge in [-0.1, -0.05) is 0 Å². The van der Waals surface area contributed by atoms with Crippen molar-refractivity contribution in [3.8, 4) is 0 Å². The third kappa shape index (κ3) is 3.43. The van der Waals surface area contributed by atoms with Gasteiger partial charge in [-0.15, -0.1) is 12.6 Å². The van der Waals surface area contributed by atoms with E-state index in [1.807, 2.05) is 0 Å². The maximum atomic E-state index is 12.5. The second kappa shape index (κ2) is 7.94. The van der Waals surface area contributed by atoms with E-state index in [1.165, 1.54) is 13.8 Å². The lowest BCUT2D eigenvalue weighted by atomic mass is 10.0. The lowest BCUT2D eigenvalue weighted by Crippen LogP contribution is -2.60. The predicted molar refractivity (Wildman–Crippen MR) is 107 cm³/mol. The lowest BCUT2D eigenvalue weighted by Gasteiger charge is -2.36. The summed E-state index contributed by atoms with van der Waals surface area (Å²) in [7, 11) is 0. The van der Waals surface area contributed by atoms with Crippen molar-refractivity contribution in [2.45, 2.75) is 48.9 Å². The number of thiol groups is 1. The van der Waals surface area contributed by atoms with E-state index in [4.69, 9.17) is 16.2 Å². The van der Waals surface area contributed by atoms with Crippen molar-refractivity contribution in [3.63, 3.8) is 0 Å². The van der Waals surface area contributed by atoms with Crippen molar-refractivity contribution < 1.29 is 34.8 Å². The Morgan fingerprint density at radius 3 is 2.61 bits per heavy atom. The minimum atomic E-state index is -2.59. The summed E-state index contributed by atoms with van der Waals surface area (Å²) >= 11 is 4.01. The average molecular weight is 457 g/mol. The molecule has 2 aromatic rings. The number of primary amides is 1. The number of anilines is 1. The zero-order valence-corrected chi connectivity index (χ0v) is 17.4. The highest BCUT2D eigenvalue weighted by Gasteiger charge is 2.69. The molecule has 1 aliphatic heterocycles. The Labute approximate surface area is 180 Å². The van der Waals surface area contributed by atoms with Gasteiger partial charge in [0, 0.05) is 0 Å². The molecule has 1 saturated heterocycles. The summed E-state index contributed by atoms with van der Waals surface area (Å²) in [5.41, 5.74) is 8.50. The number of amides is 2. The standard InChI is InChI=1S/C16H23N7O7S/c1-5(25)8(17)13(27)22-11-9-12(21-6(2)20-11)23(4-19-9)15(14(18)28)16(29,31)10(26)7(3-24)30-15/h4-5,7-8,10,24-26,29,31H,3,17H2,1-2H3,(H2,18,28)(H,20,21,22,27)/t5-,7-,8+,10-,15-,16+/m1/s1. The fourth-order valence-corrected chi connectivity index (χ4v) is 3.74. The molecule has 2 amide bonds. The predicted octanol–water partition coefficient (Wildman–Crippen LogP) is -3.71. The van der Waals surface area contributed by atoms with Crippen LogP contribution in [0.25, 0.3) is 11.2 Å². The normalized spacial score (nSPS) is 30.3. The third-order valence-corrected chi connectivity index (χ3v) is 5.58. The summed E-state index contributed by atoms with van der Waals surface area (Å²) in [5.74, 6) is -1.99. The average Bonchev–Trinajstić information content (AvgIpc) is 3.19. The zero-order valence-electron chi connectivity index (χ0n) is 16.5. The molecular weight excluding hydrogens is 434 g/mol. The van der Waals surface area contributed by atoms with E-state index >= 15 is 0 Å². The number of fused-ring (bicyclic) bond motifs is 1. The minimum absolute atomic E-state index is 0.0351. The number of aliphatic hydroxyl groups is 4. The molecule has 31 heavy (non-hydrogen) atoms. The van der Waals surface area contributed by atoms with Crippen LogP contribution in [0.4, 0.5) is 5.82 Å². The summed E-state index contributed by atoms with van der Waals surface area (Å²) in [5, 5.41) is 42.6. The van der Waals surface area contributed by atoms with Gasteiger partial charge in [-0.05, 0) is 13.8 Å². The Morgan fingerprint density at radius 1 is 1.45 bits per heavy atom. The van der Waals surface area contributed by atoms with Crippen LogP contribution >= 0.6 is 12.6 Å². The van der Waals surface area contributed by atoms with E-state index in [0.717, 1.165) is 10.9 Å². The van der Waals surface area contributed by atoms with Crippen molar-refractivity contribution in [2.24, 2.45) is 11.5 Å². The molecule has 2 aromatic heterocycles. The van der Waals surface area contributed by atoms with Gasteiger partial charge in [-0.2, -0.15) is 0 Å². The molecule has 14 nitrogen and oxygen atoms in total. The van der Waals surface area contributed by atoms with Gasteiger partial charge in [0.25, 0.3) is 11.6 Å². The fourth-order valence-electron chi connectivity index (χ4n) is 3.30. The third-order valence-electron chi connectivity index (χ3n) is 5.01. The van der Waals surface area contributed by atoms with Crippen molar-refractivity contribution in [2.75, 3.05) is 11.9 Å². The number of ether oxygens (including phenoxy) is 1. The smallest absolute Gasteiger partial charge is 0.275 e. The zero-order chi connectivity index (χ0) is 23.3. The number of rotatable bonds is 6. The molecule has 1 aliphatic rings. The number of imidazole rings is 1. The number of nitrogens with one attached hydrogen (secondary N) is 1. The summed E-state index contributed by atoms with van der Waals surface area (Å²) in [6, 6.07) is -1.26. The number of aryl methyl sites for hydroxylation is 1. The number of nitrogens with two attached hydrogens (primary N) is 2. The van der Waals surface area contributed by atoms with Crippen LogP contribution in [0.1, 0.15) is 12.7 Å². The SMILES string of the molecule is Cc1nc(NC(=O)[C@@H](N)[C@@H](C)O)c2ncn([C@]3(C(N)=O)O[C@H](CO)[C@@H](O)[C@]3(O)S)c2n1. The minimum Gasteiger partial charge on any atom is -0.394 e. The number of carbonyl (C=O) groups excluding carboxylic acids is 2. The van der Waals surface area contributed by atoms with Gasteiger partial charge in [0.15, 0.2) is 21.9 Å². The number of hydrogen-bond acceptors (Lipinski definition) is 12. The molecule has 6 atom stereocenters. The van der Waals surface area contributed by atoms with Crippen LogP contribution in [0.2, 0.25) is 0 Å². The molecule has 170 valence electrons. The first-order chi connectivity index (χ1) is 14.4. The maximum Gasteiger partial charge on any atom is 0.275 e. The number of aliphatic hydroxyl groups excluding tert-OH is 3. The van der Waals surface area contributed by atoms with Gasteiger partial charge >= 0.3 is 0 Å². The molecule has 0 unspecified atom stereocenters. The van der Waals surface area contributed by atoms with Crippen molar-refractivity contribution >= 4 is 41.4 Å². The molecule has 0 spiro atoms. The van der Waals surface area contributed by atoms with E-state index in [-0.39, 0.29) is 22.8 Å². The van der Waals surface area contributed by atoms with E-state index in [2.05, 4.69) is 32.9 Å². The van der Waals surface area contributed by atoms with Crippen LogP contribution in [0, 0.1) is 6.92 Å². The topological polar surface area (TPSA) is 232 Å². The highest BCUT2D eigenvalue weighted by atomic mass is 32.1. The fraction of sp³-hybridized carbons (Fsp3) is 0.562. The first-order valence-electron chi connectivity index (χ1n) is 9.06. The second-order valence-electron chi connectivity index (χ2n) is 7.18. The lowest BCUT2D eigenvalue weighted by molar-refractivity contribution is -0.178. The molecule has 15 heteroatoms. The van der Waals surface area contributed by atoms with Gasteiger partial charge in [0.05, 0.1) is 12.7 Å². The molecule has 0 bridgehead atoms. The monoisotopic (exact) mass is 457 g/mol. The first-order valence-corrected chi connectivity index (χ1v) is 9.51. The van der Waals surface area contributed by atoms with E-state index in [1.54, 1.807) is 0 Å². The second-order valence-corrected chi connectivity index (χ2v) is 7.86. The Hall–Kier alpha value is -2.40. The molecule has 0 aliphatic carbocycles. The molecular formula is C16H23N7O7S. The molecule has 0 aromatic carbocycles. The molecule has 9 N–H and O–H groups in total. The van der Waals surface area contributed by atoms with Crippen LogP contribution < -0.4 is 16.8 Å². The number of hydrogen-bond donors (Lipinski definition) is 8. The molecule has 0 saturated carbocycles. The summed E-state index contributed by atoms with van der Waals surface area (Å²) in [4.78, 5) is 34.5. The van der Waals surface area contributed by atoms with E-state index in [0.29, 0.717) is 0 Å². The van der Waals surface area contributed by atoms with Crippen LogP contribution in [-0.4, -0.2) is 87.7 Å². The molecule has 3 rings (SSSR count). The van der Waals surface area contributed by atoms with Gasteiger partial charge < -0.3 is 41.9 Å². The largest absolute Gasteiger partial charge is 0.394 e. The molecule has 3 heterocycles. The van der Waals surface area contributed by atoms with Gasteiger partial charge in [0.1, 0.15) is 30.4 Å². The Bertz CT molecular complexity index is 1030. The Kier molecular flexibility index (Phi) is 5.96. The van der Waals surface area contributed by atoms with Crippen LogP contribution in [0.3, 0.4) is 0 Å². The summed E-state index contributed by atoms with van der Waals surface area (Å²) < 4.78 is 6.43. The number of carbonyl (C=O) groups is 2. The summed E-state index contributed by atoms with van der Waals surface area (Å²) in [6.45, 7) is 2.06. The Balaban J connectivity index is 2.19. The Morgan fingerprint density at radius 2 is 2.10 bits per heavy atom. The highest BCUT2D eigenvalue weighted by Crippen LogP contribution is 2.47. The van der Waals surface area contributed by atoms with E-state index in [9.17, 15) is 30.0 Å². The van der Waals surface area contributed by atoms with Gasteiger partial charge in [-0.3, -0.25) is 14.2 Å².